The maximum atomic E-state index is 10.2. The van der Waals surface area contributed by atoms with E-state index in [1.54, 1.807) is 18.2 Å². The van der Waals surface area contributed by atoms with Crippen LogP contribution in [-0.2, 0) is 0 Å². The van der Waals surface area contributed by atoms with Gasteiger partial charge in [-0.3, -0.25) is 4.84 Å². The minimum atomic E-state index is -0.804. The summed E-state index contributed by atoms with van der Waals surface area (Å²) in [4.78, 5) is 14.6. The smallest absolute Gasteiger partial charge is 0.276 e. The van der Waals surface area contributed by atoms with E-state index in [0.717, 1.165) is 10.8 Å². The first-order valence-electron chi connectivity index (χ1n) is 4.07. The van der Waals surface area contributed by atoms with Crippen LogP contribution < -0.4 is 4.84 Å². The van der Waals surface area contributed by atoms with Gasteiger partial charge in [0, 0.05) is 5.39 Å². The summed E-state index contributed by atoms with van der Waals surface area (Å²) >= 11 is 0. The first kappa shape index (κ1) is 11.9. The molecule has 15 heavy (non-hydrogen) atoms. The van der Waals surface area contributed by atoms with Gasteiger partial charge in [0.1, 0.15) is 5.75 Å². The minimum Gasteiger partial charge on any atom is -0.276 e. The van der Waals surface area contributed by atoms with Crippen molar-refractivity contribution in [2.75, 3.05) is 0 Å². The molecule has 0 aliphatic rings. The van der Waals surface area contributed by atoms with Gasteiger partial charge in [-0.15, -0.1) is 10.1 Å². The van der Waals surface area contributed by atoms with Gasteiger partial charge in [-0.25, -0.2) is 0 Å². The second-order valence-electron chi connectivity index (χ2n) is 2.79. The van der Waals surface area contributed by atoms with Crippen LogP contribution in [0.15, 0.2) is 42.5 Å². The topological polar surface area (TPSA) is 52.4 Å². The SMILES string of the molecule is O=[N+]([O-])Oc1cccc2ccccc12.[Pb+4]. The summed E-state index contributed by atoms with van der Waals surface area (Å²) in [6.45, 7) is 0. The molecule has 2 aromatic rings. The van der Waals surface area contributed by atoms with E-state index < -0.39 is 5.09 Å². The Hall–Kier alpha value is -1.18. The molecule has 0 bridgehead atoms. The Kier molecular flexibility index (Phi) is 4.01. The molecule has 0 spiro atoms. The Bertz CT molecular complexity index is 482. The molecule has 4 nitrogen and oxygen atoms in total. The first-order chi connectivity index (χ1) is 6.77. The van der Waals surface area contributed by atoms with Gasteiger partial charge in [0.15, 0.2) is 0 Å². The molecule has 0 unspecified atom stereocenters. The van der Waals surface area contributed by atoms with Crippen LogP contribution >= 0.6 is 0 Å². The predicted molar refractivity (Wildman–Crippen MR) is 57.3 cm³/mol. The van der Waals surface area contributed by atoms with E-state index in [1.165, 1.54) is 0 Å². The minimum absolute atomic E-state index is 0. The molecule has 0 aliphatic carbocycles. The summed E-state index contributed by atoms with van der Waals surface area (Å²) in [7, 11) is 0. The van der Waals surface area contributed by atoms with E-state index in [-0.39, 0.29) is 33.0 Å². The van der Waals surface area contributed by atoms with Crippen molar-refractivity contribution in [2.45, 2.75) is 0 Å². The number of nitrogens with zero attached hydrogens (tertiary/aromatic N) is 1. The quantitative estimate of drug-likeness (QED) is 0.444. The average Bonchev–Trinajstić information content (AvgIpc) is 2.18. The van der Waals surface area contributed by atoms with E-state index in [2.05, 4.69) is 4.84 Å². The van der Waals surface area contributed by atoms with Crippen LogP contribution in [-0.4, -0.2) is 32.4 Å². The summed E-state index contributed by atoms with van der Waals surface area (Å²) < 4.78 is 0. The molecule has 5 heteroatoms. The second-order valence-corrected chi connectivity index (χ2v) is 2.79. The maximum Gasteiger partial charge on any atom is 4.00 e. The van der Waals surface area contributed by atoms with E-state index in [1.807, 2.05) is 24.3 Å². The zero-order valence-corrected chi connectivity index (χ0v) is 11.6. The van der Waals surface area contributed by atoms with Crippen molar-refractivity contribution in [2.24, 2.45) is 0 Å². The fourth-order valence-electron chi connectivity index (χ4n) is 1.36. The summed E-state index contributed by atoms with van der Waals surface area (Å²) in [6.07, 6.45) is 0. The van der Waals surface area contributed by atoms with E-state index in [4.69, 9.17) is 0 Å². The van der Waals surface area contributed by atoms with Gasteiger partial charge in [-0.05, 0) is 11.5 Å². The number of rotatable bonds is 2. The summed E-state index contributed by atoms with van der Waals surface area (Å²) in [6, 6.07) is 12.5. The van der Waals surface area contributed by atoms with E-state index in [9.17, 15) is 10.1 Å². The third kappa shape index (κ3) is 2.65. The molecule has 0 saturated heterocycles. The molecule has 0 amide bonds. The van der Waals surface area contributed by atoms with Gasteiger partial charge in [0.25, 0.3) is 5.09 Å². The van der Waals surface area contributed by atoms with Crippen LogP contribution in [0.25, 0.3) is 10.8 Å². The third-order valence-electron chi connectivity index (χ3n) is 1.92. The zero-order valence-electron chi connectivity index (χ0n) is 7.71. The van der Waals surface area contributed by atoms with Crippen molar-refractivity contribution in [3.05, 3.63) is 52.6 Å². The Balaban J connectivity index is 0.00000112. The van der Waals surface area contributed by atoms with Gasteiger partial charge in [0.05, 0.1) is 0 Å². The predicted octanol–water partition coefficient (Wildman–Crippen LogP) is 2.03. The van der Waals surface area contributed by atoms with E-state index >= 15 is 0 Å². The second kappa shape index (κ2) is 5.06. The first-order valence-corrected chi connectivity index (χ1v) is 4.07. The molecule has 0 fully saturated rings. The zero-order chi connectivity index (χ0) is 9.97. The molecule has 0 heterocycles. The standard InChI is InChI=1S/C10H7NO3.Pb/c12-11(13)14-10-7-3-5-8-4-1-2-6-9(8)10;/h1-7H;/q;+4. The number of benzene rings is 2. The largest absolute Gasteiger partial charge is 4.00 e. The van der Waals surface area contributed by atoms with Crippen LogP contribution in [0.1, 0.15) is 0 Å². The van der Waals surface area contributed by atoms with Gasteiger partial charge in [-0.1, -0.05) is 36.4 Å². The Morgan fingerprint density at radius 1 is 1.07 bits per heavy atom. The van der Waals surface area contributed by atoms with Crippen molar-refractivity contribution in [1.29, 1.82) is 0 Å². The van der Waals surface area contributed by atoms with E-state index in [0.29, 0.717) is 0 Å². The van der Waals surface area contributed by atoms with Crippen LogP contribution in [0.2, 0.25) is 0 Å². The molecule has 0 N–H and O–H groups in total. The molecular weight excluding hydrogens is 389 g/mol. The van der Waals surface area contributed by atoms with Crippen LogP contribution in [0.5, 0.6) is 5.75 Å². The van der Waals surface area contributed by atoms with Crippen molar-refractivity contribution >= 4 is 38.1 Å². The average molecular weight is 396 g/mol. The summed E-state index contributed by atoms with van der Waals surface area (Å²) in [5, 5.41) is 11.1. The van der Waals surface area contributed by atoms with Crippen LogP contribution in [0, 0.1) is 10.1 Å². The molecule has 0 aromatic heterocycles. The van der Waals surface area contributed by atoms with Gasteiger partial charge >= 0.3 is 27.3 Å². The molecule has 0 saturated carbocycles. The fourth-order valence-corrected chi connectivity index (χ4v) is 1.36. The molecule has 0 atom stereocenters. The molecule has 2 rings (SSSR count). The summed E-state index contributed by atoms with van der Waals surface area (Å²) in [5.74, 6) is 0.271. The Morgan fingerprint density at radius 2 is 1.73 bits per heavy atom. The van der Waals surface area contributed by atoms with Gasteiger partial charge in [-0.2, -0.15) is 0 Å². The van der Waals surface area contributed by atoms with Crippen molar-refractivity contribution in [3.63, 3.8) is 0 Å². The van der Waals surface area contributed by atoms with Crippen LogP contribution in [0.4, 0.5) is 0 Å². The maximum absolute atomic E-state index is 10.2. The number of fused-ring (bicyclic) bond motifs is 1. The normalized spacial score (nSPS) is 9.33. The van der Waals surface area contributed by atoms with Gasteiger partial charge < -0.3 is 0 Å². The van der Waals surface area contributed by atoms with Gasteiger partial charge in [0.2, 0.25) is 0 Å². The monoisotopic (exact) mass is 397 g/mol. The third-order valence-corrected chi connectivity index (χ3v) is 1.92. The van der Waals surface area contributed by atoms with Crippen LogP contribution in [0.3, 0.4) is 0 Å². The van der Waals surface area contributed by atoms with Crippen molar-refractivity contribution in [1.82, 2.24) is 0 Å². The Morgan fingerprint density at radius 3 is 2.47 bits per heavy atom. The molecule has 0 aliphatic heterocycles. The number of hydrogen-bond donors (Lipinski definition) is 0. The van der Waals surface area contributed by atoms with Crippen molar-refractivity contribution < 1.29 is 9.92 Å². The summed E-state index contributed by atoms with van der Waals surface area (Å²) in [5.41, 5.74) is 0. The Labute approximate surface area is 106 Å². The molecular formula is C10H7NO3Pb+4. The van der Waals surface area contributed by atoms with Crippen molar-refractivity contribution in [3.8, 4) is 5.75 Å². The molecule has 0 radical (unpaired) electrons. The molecule has 2 aromatic carbocycles. The molecule has 70 valence electrons. The number of hydrogen-bond acceptors (Lipinski definition) is 3. The fraction of sp³-hybridized carbons (Fsp3) is 0.